The zero-order valence-electron chi connectivity index (χ0n) is 22.9. The molecule has 1 unspecified atom stereocenters. The monoisotopic (exact) mass is 606 g/mol. The summed E-state index contributed by atoms with van der Waals surface area (Å²) in [5.41, 5.74) is 1.00. The largest absolute Gasteiger partial charge is 0.426 e. The summed E-state index contributed by atoms with van der Waals surface area (Å²) in [4.78, 5) is 0.359. The molecule has 3 nitrogen and oxygen atoms in total. The molecule has 3 aromatic rings. The van der Waals surface area contributed by atoms with Crippen molar-refractivity contribution in [3.05, 3.63) is 90.0 Å². The van der Waals surface area contributed by atoms with Crippen molar-refractivity contribution in [1.29, 1.82) is 0 Å². The molecule has 1 atom stereocenters. The maximum Gasteiger partial charge on any atom is 0.426 e. The van der Waals surface area contributed by atoms with Gasteiger partial charge in [-0.1, -0.05) is 84.0 Å². The Morgan fingerprint density at radius 2 is 0.950 bits per heavy atom. The fraction of sp³-hybridized carbons (Fsp3) is 0.379. The Morgan fingerprint density at radius 1 is 0.600 bits per heavy atom. The van der Waals surface area contributed by atoms with Crippen LogP contribution in [0.2, 0.25) is 0 Å². The van der Waals surface area contributed by atoms with Gasteiger partial charge >= 0.3 is 21.5 Å². The van der Waals surface area contributed by atoms with E-state index in [9.17, 15) is 34.8 Å². The van der Waals surface area contributed by atoms with Crippen LogP contribution in [0.15, 0.2) is 93.5 Å². The Labute approximate surface area is 233 Å². The molecule has 3 rings (SSSR count). The second kappa shape index (κ2) is 10.7. The predicted molar refractivity (Wildman–Crippen MR) is 145 cm³/mol. The SMILES string of the molecule is CC(C)(C)c1ccc(S(OS(=O)(=O)C(F)(F)C(F)C(F)(F)F)(c2ccccc2)c2ccc(C(C)(C)C)cc2)cc1. The summed E-state index contributed by atoms with van der Waals surface area (Å²) in [6.07, 6.45) is -11.1. The van der Waals surface area contributed by atoms with E-state index in [2.05, 4.69) is 0 Å². The standard InChI is InChI=1S/C29H32F6O3S2/c1-26(2,3)20-12-16-23(17-13-20)39(22-10-8-7-9-11-22,24-18-14-21(15-19-24)27(4,5)6)38-40(36,37)29(34,35)25(30)28(31,32)33/h7-19,25H,1-6H3. The van der Waals surface area contributed by atoms with Crippen molar-refractivity contribution in [1.82, 2.24) is 0 Å². The molecular weight excluding hydrogens is 574 g/mol. The second-order valence-electron chi connectivity index (χ2n) is 11.4. The molecule has 0 N–H and O–H groups in total. The van der Waals surface area contributed by atoms with E-state index < -0.39 is 38.0 Å². The summed E-state index contributed by atoms with van der Waals surface area (Å²) < 4.78 is 114. The minimum atomic E-state index is -6.51. The predicted octanol–water partition coefficient (Wildman–Crippen LogP) is 9.32. The zero-order valence-corrected chi connectivity index (χ0v) is 24.5. The average Bonchev–Trinajstić information content (AvgIpc) is 2.86. The molecule has 0 radical (unpaired) electrons. The van der Waals surface area contributed by atoms with Crippen molar-refractivity contribution in [3.8, 4) is 0 Å². The molecule has 3 aromatic carbocycles. The van der Waals surface area contributed by atoms with Crippen LogP contribution in [0.3, 0.4) is 0 Å². The first-order valence-corrected chi connectivity index (χ1v) is 15.2. The van der Waals surface area contributed by atoms with Gasteiger partial charge in [-0.15, -0.1) is 0 Å². The Morgan fingerprint density at radius 3 is 1.27 bits per heavy atom. The van der Waals surface area contributed by atoms with E-state index in [1.807, 2.05) is 41.5 Å². The van der Waals surface area contributed by atoms with Crippen molar-refractivity contribution in [2.75, 3.05) is 0 Å². The van der Waals surface area contributed by atoms with Gasteiger partial charge in [0.25, 0.3) is 6.17 Å². The lowest BCUT2D eigenvalue weighted by Crippen LogP contribution is -2.48. The number of hydrogen-bond donors (Lipinski definition) is 0. The van der Waals surface area contributed by atoms with Crippen LogP contribution in [0.5, 0.6) is 0 Å². The number of halogens is 6. The highest BCUT2D eigenvalue weighted by Gasteiger charge is 2.66. The smallest absolute Gasteiger partial charge is 0.229 e. The number of hydrogen-bond acceptors (Lipinski definition) is 3. The van der Waals surface area contributed by atoms with Crippen LogP contribution in [-0.4, -0.2) is 26.0 Å². The molecule has 0 aliphatic heterocycles. The fourth-order valence-electron chi connectivity index (χ4n) is 3.93. The lowest BCUT2D eigenvalue weighted by molar-refractivity contribution is -0.222. The van der Waals surface area contributed by atoms with Gasteiger partial charge in [-0.05, 0) is 68.7 Å². The van der Waals surface area contributed by atoms with Crippen LogP contribution in [0.1, 0.15) is 52.7 Å². The molecule has 0 aliphatic carbocycles. The highest BCUT2D eigenvalue weighted by molar-refractivity contribution is 8.33. The summed E-state index contributed by atoms with van der Waals surface area (Å²) in [7, 11) is -10.2. The minimum Gasteiger partial charge on any atom is -0.229 e. The molecule has 0 heterocycles. The molecule has 0 aliphatic rings. The zero-order chi connectivity index (χ0) is 30.4. The molecule has 0 saturated heterocycles. The normalized spacial score (nSPS) is 15.1. The summed E-state index contributed by atoms with van der Waals surface area (Å²) >= 11 is 0. The quantitative estimate of drug-likeness (QED) is 0.252. The van der Waals surface area contributed by atoms with Crippen LogP contribution in [0, 0.1) is 0 Å². The molecule has 220 valence electrons. The van der Waals surface area contributed by atoms with Crippen molar-refractivity contribution < 1.29 is 38.4 Å². The van der Waals surface area contributed by atoms with Gasteiger partial charge in [-0.25, -0.2) is 8.02 Å². The van der Waals surface area contributed by atoms with Crippen LogP contribution in [0.4, 0.5) is 26.3 Å². The highest BCUT2D eigenvalue weighted by Crippen LogP contribution is 2.71. The van der Waals surface area contributed by atoms with Gasteiger partial charge in [0.15, 0.2) is 0 Å². The lowest BCUT2D eigenvalue weighted by Gasteiger charge is -2.41. The van der Waals surface area contributed by atoms with E-state index in [4.69, 9.17) is 3.63 Å². The van der Waals surface area contributed by atoms with Gasteiger partial charge < -0.3 is 0 Å². The summed E-state index contributed by atoms with van der Waals surface area (Å²) in [6.45, 7) is 11.6. The third-order valence-electron chi connectivity index (χ3n) is 6.29. The number of benzene rings is 3. The first-order valence-electron chi connectivity index (χ1n) is 12.3. The van der Waals surface area contributed by atoms with Crippen LogP contribution in [-0.2, 0) is 24.6 Å². The molecule has 0 fully saturated rings. The summed E-state index contributed by atoms with van der Waals surface area (Å²) in [5.74, 6) is 0. The van der Waals surface area contributed by atoms with E-state index in [-0.39, 0.29) is 25.5 Å². The van der Waals surface area contributed by atoms with Gasteiger partial charge in [0.05, 0.1) is 0 Å². The van der Waals surface area contributed by atoms with Gasteiger partial charge in [0.1, 0.15) is 0 Å². The van der Waals surface area contributed by atoms with Gasteiger partial charge in [-0.2, -0.15) is 30.4 Å². The lowest BCUT2D eigenvalue weighted by atomic mass is 9.87. The van der Waals surface area contributed by atoms with Crippen LogP contribution < -0.4 is 0 Å². The topological polar surface area (TPSA) is 43.4 Å². The molecular formula is C29H32F6O3S2. The molecule has 0 spiro atoms. The van der Waals surface area contributed by atoms with E-state index in [1.54, 1.807) is 30.3 Å². The molecule has 11 heteroatoms. The van der Waals surface area contributed by atoms with Crippen molar-refractivity contribution in [2.24, 2.45) is 0 Å². The van der Waals surface area contributed by atoms with Crippen LogP contribution >= 0.6 is 10.3 Å². The second-order valence-corrected chi connectivity index (χ2v) is 15.9. The summed E-state index contributed by atoms with van der Waals surface area (Å²) in [5, 5.41) is -5.92. The fourth-order valence-corrected chi connectivity index (χ4v) is 9.09. The third-order valence-corrected chi connectivity index (χ3v) is 11.5. The molecule has 0 aromatic heterocycles. The number of alkyl halides is 6. The molecule has 40 heavy (non-hydrogen) atoms. The van der Waals surface area contributed by atoms with E-state index in [0.29, 0.717) is 0 Å². The van der Waals surface area contributed by atoms with Crippen LogP contribution in [0.25, 0.3) is 0 Å². The Balaban J connectivity index is 2.39. The molecule has 0 saturated carbocycles. The molecule has 0 amide bonds. The molecule has 0 bridgehead atoms. The van der Waals surface area contributed by atoms with Gasteiger partial charge in [0.2, 0.25) is 0 Å². The Hall–Kier alpha value is -2.50. The highest BCUT2D eigenvalue weighted by atomic mass is 32.3. The third kappa shape index (κ3) is 6.21. The maximum atomic E-state index is 14.8. The first-order chi connectivity index (χ1) is 18.1. The minimum absolute atomic E-state index is 0.115. The maximum absolute atomic E-state index is 14.8. The van der Waals surface area contributed by atoms with E-state index >= 15 is 0 Å². The Bertz CT molecular complexity index is 1350. The van der Waals surface area contributed by atoms with E-state index in [0.717, 1.165) is 11.1 Å². The average molecular weight is 607 g/mol. The van der Waals surface area contributed by atoms with Gasteiger partial charge in [0, 0.05) is 14.7 Å². The first kappa shape index (κ1) is 32.0. The summed E-state index contributed by atoms with van der Waals surface area (Å²) in [6, 6.07) is 20.2. The van der Waals surface area contributed by atoms with Crippen molar-refractivity contribution >= 4 is 20.4 Å². The van der Waals surface area contributed by atoms with Gasteiger partial charge in [-0.3, -0.25) is 0 Å². The van der Waals surface area contributed by atoms with Crippen molar-refractivity contribution in [3.63, 3.8) is 0 Å². The van der Waals surface area contributed by atoms with Crippen molar-refractivity contribution in [2.45, 2.75) is 84.7 Å². The number of rotatable bonds is 7. The van der Waals surface area contributed by atoms with E-state index in [1.165, 1.54) is 48.5 Å². The Kier molecular flexibility index (Phi) is 8.58.